The minimum Gasteiger partial charge on any atom is -0.396 e. The monoisotopic (exact) mass is 321 g/mol. The number of aliphatic hydroxyl groups is 1. The summed E-state index contributed by atoms with van der Waals surface area (Å²) < 4.78 is 1.07. The number of carbonyl (C=O) groups excluding carboxylic acids is 1. The van der Waals surface area contributed by atoms with Crippen LogP contribution in [0, 0.1) is 0 Å². The van der Waals surface area contributed by atoms with Crippen LogP contribution in [-0.4, -0.2) is 28.8 Å². The van der Waals surface area contributed by atoms with Crippen molar-refractivity contribution in [2.45, 2.75) is 45.6 Å². The van der Waals surface area contributed by atoms with Crippen LogP contribution in [0.1, 0.15) is 44.5 Å². The third kappa shape index (κ3) is 4.18. The molecule has 5 nitrogen and oxygen atoms in total. The molecule has 6 heteroatoms. The number of rotatable bonds is 6. The highest BCUT2D eigenvalue weighted by atomic mass is 32.1. The topological polar surface area (TPSA) is 74.2 Å². The van der Waals surface area contributed by atoms with Gasteiger partial charge in [-0.3, -0.25) is 0 Å². The van der Waals surface area contributed by atoms with Crippen molar-refractivity contribution in [1.82, 2.24) is 10.3 Å². The Kier molecular flexibility index (Phi) is 5.74. The molecule has 0 radical (unpaired) electrons. The first kappa shape index (κ1) is 16.7. The van der Waals surface area contributed by atoms with Crippen molar-refractivity contribution in [3.63, 3.8) is 0 Å². The molecular formula is C16H23N3O2S. The van der Waals surface area contributed by atoms with E-state index in [0.717, 1.165) is 27.3 Å². The van der Waals surface area contributed by atoms with Gasteiger partial charge in [-0.1, -0.05) is 20.8 Å². The lowest BCUT2D eigenvalue weighted by molar-refractivity contribution is 0.237. The van der Waals surface area contributed by atoms with Gasteiger partial charge >= 0.3 is 6.03 Å². The van der Waals surface area contributed by atoms with Crippen LogP contribution >= 0.6 is 11.3 Å². The molecule has 0 aliphatic rings. The summed E-state index contributed by atoms with van der Waals surface area (Å²) in [4.78, 5) is 16.6. The molecule has 1 unspecified atom stereocenters. The van der Waals surface area contributed by atoms with Gasteiger partial charge in [0.05, 0.1) is 15.2 Å². The van der Waals surface area contributed by atoms with Gasteiger partial charge in [0.15, 0.2) is 0 Å². The molecule has 1 aromatic carbocycles. The lowest BCUT2D eigenvalue weighted by Gasteiger charge is -2.16. The maximum absolute atomic E-state index is 12.0. The SMILES string of the molecule is CCC(CCO)NC(=O)Nc1ccc2nc(C(C)C)sc2c1. The highest BCUT2D eigenvalue weighted by Crippen LogP contribution is 2.29. The smallest absolute Gasteiger partial charge is 0.319 e. The zero-order chi connectivity index (χ0) is 16.1. The molecule has 0 bridgehead atoms. The average Bonchev–Trinajstić information content (AvgIpc) is 2.90. The van der Waals surface area contributed by atoms with E-state index >= 15 is 0 Å². The fourth-order valence-electron chi connectivity index (χ4n) is 2.15. The molecule has 1 heterocycles. The third-order valence-corrected chi connectivity index (χ3v) is 4.78. The summed E-state index contributed by atoms with van der Waals surface area (Å²) in [5.74, 6) is 0.404. The predicted molar refractivity (Wildman–Crippen MR) is 91.6 cm³/mol. The minimum absolute atomic E-state index is 0.00956. The van der Waals surface area contributed by atoms with Gasteiger partial charge in [-0.25, -0.2) is 9.78 Å². The Morgan fingerprint density at radius 2 is 2.18 bits per heavy atom. The second kappa shape index (κ2) is 7.56. The highest BCUT2D eigenvalue weighted by molar-refractivity contribution is 7.18. The molecule has 0 saturated carbocycles. The summed E-state index contributed by atoms with van der Waals surface area (Å²) in [6, 6.07) is 5.49. The van der Waals surface area contributed by atoms with Crippen LogP contribution in [0.25, 0.3) is 10.2 Å². The number of aliphatic hydroxyl groups excluding tert-OH is 1. The number of thiazole rings is 1. The Morgan fingerprint density at radius 3 is 2.82 bits per heavy atom. The molecule has 0 aliphatic heterocycles. The number of amides is 2. The molecule has 2 amide bonds. The summed E-state index contributed by atoms with van der Waals surface area (Å²) >= 11 is 1.66. The fraction of sp³-hybridized carbons (Fsp3) is 0.500. The minimum atomic E-state index is -0.242. The standard InChI is InChI=1S/C16H23N3O2S/c1-4-11(7-8-20)17-16(21)18-12-5-6-13-14(9-12)22-15(19-13)10(2)3/h5-6,9-11,20H,4,7-8H2,1-3H3,(H2,17,18,21). The van der Waals surface area contributed by atoms with E-state index in [4.69, 9.17) is 5.11 Å². The van der Waals surface area contributed by atoms with Gasteiger partial charge < -0.3 is 15.7 Å². The second-order valence-electron chi connectivity index (χ2n) is 5.61. The largest absolute Gasteiger partial charge is 0.396 e. The Labute approximate surface area is 134 Å². The lowest BCUT2D eigenvalue weighted by atomic mass is 10.2. The molecule has 0 saturated heterocycles. The summed E-state index contributed by atoms with van der Waals surface area (Å²) in [5.41, 5.74) is 1.72. The van der Waals surface area contributed by atoms with Crippen molar-refractivity contribution in [2.75, 3.05) is 11.9 Å². The van der Waals surface area contributed by atoms with Crippen LogP contribution in [0.3, 0.4) is 0 Å². The Bertz CT molecular complexity index is 639. The summed E-state index contributed by atoms with van der Waals surface area (Å²) in [7, 11) is 0. The highest BCUT2D eigenvalue weighted by Gasteiger charge is 2.11. The van der Waals surface area contributed by atoms with Crippen LogP contribution in [0.5, 0.6) is 0 Å². The van der Waals surface area contributed by atoms with Crippen LogP contribution in [0.2, 0.25) is 0 Å². The van der Waals surface area contributed by atoms with E-state index in [0.29, 0.717) is 12.3 Å². The number of hydrogen-bond donors (Lipinski definition) is 3. The number of hydrogen-bond acceptors (Lipinski definition) is 4. The quantitative estimate of drug-likeness (QED) is 0.759. The molecule has 2 rings (SSSR count). The zero-order valence-electron chi connectivity index (χ0n) is 13.2. The third-order valence-electron chi connectivity index (χ3n) is 3.46. The fourth-order valence-corrected chi connectivity index (χ4v) is 3.16. The number of urea groups is 1. The molecule has 0 aliphatic carbocycles. The first-order valence-electron chi connectivity index (χ1n) is 7.62. The first-order chi connectivity index (χ1) is 10.5. The Morgan fingerprint density at radius 1 is 1.41 bits per heavy atom. The molecule has 120 valence electrons. The predicted octanol–water partition coefficient (Wildman–Crippen LogP) is 3.70. The number of aromatic nitrogens is 1. The number of benzene rings is 1. The molecule has 0 spiro atoms. The lowest BCUT2D eigenvalue weighted by Crippen LogP contribution is -2.38. The van der Waals surface area contributed by atoms with Crippen molar-refractivity contribution in [3.8, 4) is 0 Å². The number of nitrogens with one attached hydrogen (secondary N) is 2. The summed E-state index contributed by atoms with van der Waals surface area (Å²) in [6.07, 6.45) is 1.36. The van der Waals surface area contributed by atoms with Gasteiger partial charge in [0.2, 0.25) is 0 Å². The molecule has 3 N–H and O–H groups in total. The van der Waals surface area contributed by atoms with Gasteiger partial charge in [0.1, 0.15) is 0 Å². The maximum Gasteiger partial charge on any atom is 0.319 e. The van der Waals surface area contributed by atoms with Crippen molar-refractivity contribution in [1.29, 1.82) is 0 Å². The van der Waals surface area contributed by atoms with Crippen molar-refractivity contribution >= 4 is 33.3 Å². The Balaban J connectivity index is 2.06. The van der Waals surface area contributed by atoms with E-state index in [1.54, 1.807) is 11.3 Å². The van der Waals surface area contributed by atoms with Crippen LogP contribution in [-0.2, 0) is 0 Å². The second-order valence-corrected chi connectivity index (χ2v) is 6.67. The van der Waals surface area contributed by atoms with Crippen molar-refractivity contribution in [3.05, 3.63) is 23.2 Å². The van der Waals surface area contributed by atoms with Gasteiger partial charge in [-0.05, 0) is 31.0 Å². The van der Waals surface area contributed by atoms with Crippen molar-refractivity contribution in [2.24, 2.45) is 0 Å². The number of anilines is 1. The van der Waals surface area contributed by atoms with Gasteiger partial charge in [0, 0.05) is 24.3 Å². The van der Waals surface area contributed by atoms with Gasteiger partial charge in [0.25, 0.3) is 0 Å². The zero-order valence-corrected chi connectivity index (χ0v) is 14.0. The number of carbonyl (C=O) groups is 1. The van der Waals surface area contributed by atoms with E-state index in [9.17, 15) is 4.79 Å². The van der Waals surface area contributed by atoms with Crippen molar-refractivity contribution < 1.29 is 9.90 Å². The summed E-state index contributed by atoms with van der Waals surface area (Å²) in [5, 5.41) is 15.8. The van der Waals surface area contributed by atoms with Crippen LogP contribution in [0.4, 0.5) is 10.5 Å². The van der Waals surface area contributed by atoms with E-state index < -0.39 is 0 Å². The first-order valence-corrected chi connectivity index (χ1v) is 8.44. The molecule has 2 aromatic rings. The van der Waals surface area contributed by atoms with E-state index in [1.165, 1.54) is 0 Å². The average molecular weight is 321 g/mol. The van der Waals surface area contributed by atoms with Gasteiger partial charge in [-0.2, -0.15) is 0 Å². The van der Waals surface area contributed by atoms with Crippen LogP contribution < -0.4 is 10.6 Å². The van der Waals surface area contributed by atoms with E-state index in [2.05, 4.69) is 29.5 Å². The normalized spacial score (nSPS) is 12.6. The summed E-state index contributed by atoms with van der Waals surface area (Å²) in [6.45, 7) is 6.30. The molecule has 1 aromatic heterocycles. The van der Waals surface area contributed by atoms with Crippen LogP contribution in [0.15, 0.2) is 18.2 Å². The molecule has 0 fully saturated rings. The van der Waals surface area contributed by atoms with E-state index in [-0.39, 0.29) is 18.7 Å². The van der Waals surface area contributed by atoms with E-state index in [1.807, 2.05) is 25.1 Å². The molecule has 1 atom stereocenters. The maximum atomic E-state index is 12.0. The number of nitrogens with zero attached hydrogens (tertiary/aromatic N) is 1. The Hall–Kier alpha value is -1.66. The molecule has 22 heavy (non-hydrogen) atoms. The van der Waals surface area contributed by atoms with Gasteiger partial charge in [-0.15, -0.1) is 11.3 Å². The molecular weight excluding hydrogens is 298 g/mol. The number of fused-ring (bicyclic) bond motifs is 1.